The third-order valence-corrected chi connectivity index (χ3v) is 9.88. The second kappa shape index (κ2) is 14.4. The number of aliphatic carboxylic acids is 1. The van der Waals surface area contributed by atoms with Crippen molar-refractivity contribution in [2.75, 3.05) is 19.6 Å². The average molecular weight is 647 g/mol. The largest absolute Gasteiger partial charge is 0.524 e. The van der Waals surface area contributed by atoms with E-state index in [-0.39, 0.29) is 48.7 Å². The molecule has 45 heavy (non-hydrogen) atoms. The maximum absolute atomic E-state index is 13.9. The number of carboxylic acid groups (broad SMARTS) is 1. The standard InChI is InChI=1S/C32H47N5O7S/c1-18(2)24-15-25(19(3)4)29(26(16-24)20(5)6)45(42,43)36-27(30(39)40)14-22-8-10-23(11-9-22)21(7)44-32(41)37(31(33)34)13-12-35-28(38)17-37/h8-11,15-16,18-21,27-28,35-36,38H,12-14,17H2,1-7H3,(H3-,33,34,39,40)/p+1/t21?,27-,28?,37?/m0/s1. The van der Waals surface area contributed by atoms with E-state index in [9.17, 15) is 28.2 Å². The van der Waals surface area contributed by atoms with Crippen molar-refractivity contribution in [3.63, 3.8) is 0 Å². The van der Waals surface area contributed by atoms with E-state index in [1.165, 1.54) is 0 Å². The Hall–Kier alpha value is -3.36. The van der Waals surface area contributed by atoms with Gasteiger partial charge in [0.25, 0.3) is 0 Å². The average Bonchev–Trinajstić information content (AvgIpc) is 2.95. The van der Waals surface area contributed by atoms with E-state index in [1.54, 1.807) is 31.2 Å². The summed E-state index contributed by atoms with van der Waals surface area (Å²) in [7, 11) is -4.22. The number of amides is 1. The zero-order valence-corrected chi connectivity index (χ0v) is 27.9. The molecule has 0 bridgehead atoms. The van der Waals surface area contributed by atoms with Gasteiger partial charge in [-0.25, -0.2) is 13.8 Å². The highest BCUT2D eigenvalue weighted by Crippen LogP contribution is 2.35. The molecule has 4 atom stereocenters. The van der Waals surface area contributed by atoms with Gasteiger partial charge >= 0.3 is 18.0 Å². The van der Waals surface area contributed by atoms with Crippen molar-refractivity contribution in [2.45, 2.75) is 95.9 Å². The molecule has 2 aromatic carbocycles. The Morgan fingerprint density at radius 3 is 2.02 bits per heavy atom. The lowest BCUT2D eigenvalue weighted by Crippen LogP contribution is -2.69. The molecule has 0 saturated carbocycles. The molecule has 1 amide bonds. The number of carboxylic acids is 1. The maximum Gasteiger partial charge on any atom is 0.524 e. The van der Waals surface area contributed by atoms with Crippen molar-refractivity contribution in [1.29, 1.82) is 5.41 Å². The minimum absolute atomic E-state index is 0.108. The van der Waals surface area contributed by atoms with Gasteiger partial charge in [0.05, 0.1) is 4.90 Å². The first-order valence-corrected chi connectivity index (χ1v) is 16.7. The van der Waals surface area contributed by atoms with Gasteiger partial charge in [0.1, 0.15) is 25.2 Å². The van der Waals surface area contributed by atoms with Crippen LogP contribution in [0.15, 0.2) is 41.3 Å². The Morgan fingerprint density at radius 1 is 1.02 bits per heavy atom. The first kappa shape index (κ1) is 36.1. The molecule has 0 radical (unpaired) electrons. The van der Waals surface area contributed by atoms with E-state index in [0.717, 1.165) is 5.56 Å². The molecule has 13 heteroatoms. The molecule has 1 saturated heterocycles. The number of piperazine rings is 1. The number of aliphatic hydroxyl groups excluding tert-OH is 1. The first-order chi connectivity index (χ1) is 20.9. The van der Waals surface area contributed by atoms with Crippen molar-refractivity contribution in [3.8, 4) is 0 Å². The number of aliphatic hydroxyl groups is 1. The second-order valence-corrected chi connectivity index (χ2v) is 14.4. The number of quaternary nitrogens is 1. The third-order valence-electron chi connectivity index (χ3n) is 8.28. The van der Waals surface area contributed by atoms with Gasteiger partial charge < -0.3 is 20.7 Å². The number of carbonyl (C=O) groups is 2. The van der Waals surface area contributed by atoms with Crippen molar-refractivity contribution < 1.29 is 37.4 Å². The SMILES string of the molecule is CC(C)c1cc(C(C)C)c(S(=O)(=O)N[C@@H](Cc2ccc(C(C)OC(=O)[N+]3(C(=N)N)CCNC(O)C3)cc2)C(=O)O)c(C(C)C)c1. The topological polar surface area (TPSA) is 192 Å². The van der Waals surface area contributed by atoms with Crippen LogP contribution in [-0.2, 0) is 26.0 Å². The minimum Gasteiger partial charge on any atom is -0.480 e. The van der Waals surface area contributed by atoms with Crippen LogP contribution in [0.3, 0.4) is 0 Å². The number of nitrogens with zero attached hydrogens (tertiary/aromatic N) is 1. The number of guanidine groups is 1. The molecule has 0 aliphatic carbocycles. The van der Waals surface area contributed by atoms with Crippen LogP contribution in [0.5, 0.6) is 0 Å². The van der Waals surface area contributed by atoms with Gasteiger partial charge in [-0.1, -0.05) is 77.9 Å². The van der Waals surface area contributed by atoms with E-state index in [0.29, 0.717) is 22.3 Å². The molecule has 0 aromatic heterocycles. The summed E-state index contributed by atoms with van der Waals surface area (Å²) >= 11 is 0. The molecule has 7 N–H and O–H groups in total. The third kappa shape index (κ3) is 8.27. The van der Waals surface area contributed by atoms with E-state index >= 15 is 0 Å². The molecular formula is C32H48N5O7S+. The summed E-state index contributed by atoms with van der Waals surface area (Å²) in [5.41, 5.74) is 9.23. The summed E-state index contributed by atoms with van der Waals surface area (Å²) in [5, 5.41) is 30.8. The number of rotatable bonds is 11. The number of nitrogens with one attached hydrogen (secondary N) is 3. The van der Waals surface area contributed by atoms with Crippen LogP contribution in [0.2, 0.25) is 0 Å². The summed E-state index contributed by atoms with van der Waals surface area (Å²) in [6.07, 6.45) is -2.63. The molecule has 1 aliphatic rings. The molecule has 3 rings (SSSR count). The number of sulfonamides is 1. The highest BCUT2D eigenvalue weighted by atomic mass is 32.2. The van der Waals surface area contributed by atoms with Crippen LogP contribution >= 0.6 is 0 Å². The predicted octanol–water partition coefficient (Wildman–Crippen LogP) is 3.86. The van der Waals surface area contributed by atoms with Gasteiger partial charge in [0.15, 0.2) is 6.23 Å². The van der Waals surface area contributed by atoms with Gasteiger partial charge in [0, 0.05) is 6.54 Å². The molecule has 248 valence electrons. The number of hydrogen-bond acceptors (Lipinski definition) is 8. The Kier molecular flexibility index (Phi) is 11.5. The Morgan fingerprint density at radius 2 is 1.58 bits per heavy atom. The van der Waals surface area contributed by atoms with E-state index in [1.807, 2.05) is 53.7 Å². The normalized spacial score (nSPS) is 20.3. The lowest BCUT2D eigenvalue weighted by molar-refractivity contribution is -0.780. The Balaban J connectivity index is 1.83. The van der Waals surface area contributed by atoms with E-state index < -0.39 is 50.9 Å². The quantitative estimate of drug-likeness (QED) is 0.120. The molecule has 3 unspecified atom stereocenters. The van der Waals surface area contributed by atoms with Crippen molar-refractivity contribution in [1.82, 2.24) is 10.0 Å². The Bertz CT molecular complexity index is 1480. The molecule has 1 aliphatic heterocycles. The zero-order chi connectivity index (χ0) is 33.9. The number of ether oxygens (including phenoxy) is 1. The van der Waals surface area contributed by atoms with Crippen molar-refractivity contribution in [2.24, 2.45) is 5.73 Å². The fraction of sp³-hybridized carbons (Fsp3) is 0.531. The summed E-state index contributed by atoms with van der Waals surface area (Å²) in [5.74, 6) is -1.76. The van der Waals surface area contributed by atoms with Gasteiger partial charge in [-0.15, -0.1) is 0 Å². The number of benzene rings is 2. The monoisotopic (exact) mass is 646 g/mol. The van der Waals surface area contributed by atoms with E-state index in [2.05, 4.69) is 10.0 Å². The second-order valence-electron chi connectivity index (χ2n) is 12.7. The molecule has 0 spiro atoms. The number of nitrogens with two attached hydrogens (primary N) is 1. The Labute approximate surface area is 266 Å². The summed E-state index contributed by atoms with van der Waals surface area (Å²) < 4.78 is 35.2. The molecule has 1 heterocycles. The number of carbonyl (C=O) groups excluding carboxylic acids is 1. The van der Waals surface area contributed by atoms with Gasteiger partial charge in [-0.3, -0.25) is 10.1 Å². The van der Waals surface area contributed by atoms with Crippen LogP contribution in [0, 0.1) is 5.41 Å². The van der Waals surface area contributed by atoms with Gasteiger partial charge in [-0.2, -0.15) is 14.0 Å². The van der Waals surface area contributed by atoms with Gasteiger partial charge in [-0.05, 0) is 58.9 Å². The molecule has 1 fully saturated rings. The summed E-state index contributed by atoms with van der Waals surface area (Å²) in [6.45, 7) is 13.7. The van der Waals surface area contributed by atoms with Crippen molar-refractivity contribution >= 4 is 28.0 Å². The lowest BCUT2D eigenvalue weighted by Gasteiger charge is -2.37. The van der Waals surface area contributed by atoms with Crippen LogP contribution in [0.1, 0.15) is 100 Å². The lowest BCUT2D eigenvalue weighted by atomic mass is 9.89. The smallest absolute Gasteiger partial charge is 0.480 e. The fourth-order valence-corrected chi connectivity index (χ4v) is 7.35. The van der Waals surface area contributed by atoms with E-state index in [4.69, 9.17) is 15.9 Å². The maximum atomic E-state index is 13.9. The first-order valence-electron chi connectivity index (χ1n) is 15.3. The summed E-state index contributed by atoms with van der Waals surface area (Å²) in [4.78, 5) is 25.5. The van der Waals surface area contributed by atoms with Gasteiger partial charge in [0.2, 0.25) is 10.0 Å². The number of hydrogen-bond donors (Lipinski definition) is 6. The van der Waals surface area contributed by atoms with Crippen molar-refractivity contribution in [3.05, 3.63) is 64.2 Å². The minimum atomic E-state index is -4.22. The predicted molar refractivity (Wildman–Crippen MR) is 171 cm³/mol. The van der Waals surface area contributed by atoms with Crippen LogP contribution < -0.4 is 15.8 Å². The zero-order valence-electron chi connectivity index (χ0n) is 27.1. The highest BCUT2D eigenvalue weighted by Gasteiger charge is 2.47. The fourth-order valence-electron chi connectivity index (χ4n) is 5.46. The molecule has 2 aromatic rings. The summed E-state index contributed by atoms with van der Waals surface area (Å²) in [6, 6.07) is 9.04. The molecular weight excluding hydrogens is 598 g/mol. The van der Waals surface area contributed by atoms with Crippen LogP contribution in [-0.4, -0.2) is 73.0 Å². The van der Waals surface area contributed by atoms with Crippen LogP contribution in [0.25, 0.3) is 0 Å². The highest BCUT2D eigenvalue weighted by molar-refractivity contribution is 7.89. The molecule has 12 nitrogen and oxygen atoms in total. The van der Waals surface area contributed by atoms with Crippen LogP contribution in [0.4, 0.5) is 4.79 Å².